The van der Waals surface area contributed by atoms with Crippen molar-refractivity contribution in [2.45, 2.75) is 18.1 Å². The average Bonchev–Trinajstić information content (AvgIpc) is 2.49. The third-order valence-corrected chi connectivity index (χ3v) is 6.40. The Morgan fingerprint density at radius 3 is 2.41 bits per heavy atom. The maximum Gasteiger partial charge on any atom is 0.407 e. The lowest BCUT2D eigenvalue weighted by Crippen LogP contribution is -2.42. The number of amides is 1. The van der Waals surface area contributed by atoms with E-state index in [1.807, 2.05) is 24.3 Å². The Morgan fingerprint density at radius 2 is 1.86 bits per heavy atom. The molecule has 1 N–H and O–H groups in total. The molecular weight excluding hydrogens is 370 g/mol. The fourth-order valence-corrected chi connectivity index (χ4v) is 4.26. The van der Waals surface area contributed by atoms with Gasteiger partial charge < -0.3 is 10.0 Å². The van der Waals surface area contributed by atoms with Crippen LogP contribution in [0.5, 0.6) is 0 Å². The van der Waals surface area contributed by atoms with Crippen molar-refractivity contribution in [2.24, 2.45) is 0 Å². The Labute approximate surface area is 138 Å². The Kier molecular flexibility index (Phi) is 5.63. The van der Waals surface area contributed by atoms with E-state index < -0.39 is 21.2 Å². The van der Waals surface area contributed by atoms with Gasteiger partial charge in [0.2, 0.25) is 0 Å². The fraction of sp³-hybridized carbons (Fsp3) is 0.400. The monoisotopic (exact) mass is 387 g/mol. The van der Waals surface area contributed by atoms with E-state index in [0.717, 1.165) is 10.0 Å². The van der Waals surface area contributed by atoms with Crippen LogP contribution in [0.3, 0.4) is 0 Å². The molecule has 0 radical (unpaired) electrons. The summed E-state index contributed by atoms with van der Waals surface area (Å²) in [4.78, 5) is 12.1. The molecule has 1 aromatic carbocycles. The Balaban J connectivity index is 1.91. The number of nitrogens with zero attached hydrogens (tertiary/aromatic N) is 1. The number of piperidine rings is 1. The first-order valence-electron chi connectivity index (χ1n) is 7.00. The number of rotatable bonds is 4. The maximum atomic E-state index is 12.3. The number of sulfone groups is 1. The number of benzene rings is 1. The molecule has 0 unspecified atom stereocenters. The van der Waals surface area contributed by atoms with Crippen LogP contribution in [0.25, 0.3) is 6.08 Å². The van der Waals surface area contributed by atoms with Crippen molar-refractivity contribution >= 4 is 37.9 Å². The van der Waals surface area contributed by atoms with Gasteiger partial charge in [-0.2, -0.15) is 0 Å². The van der Waals surface area contributed by atoms with Gasteiger partial charge in [-0.05, 0) is 30.5 Å². The van der Waals surface area contributed by atoms with Gasteiger partial charge >= 0.3 is 6.09 Å². The molecule has 120 valence electrons. The third kappa shape index (κ3) is 4.58. The van der Waals surface area contributed by atoms with Gasteiger partial charge in [0, 0.05) is 17.6 Å². The second-order valence-corrected chi connectivity index (χ2v) is 8.49. The number of halogens is 1. The van der Waals surface area contributed by atoms with Crippen molar-refractivity contribution in [3.8, 4) is 0 Å². The van der Waals surface area contributed by atoms with Crippen molar-refractivity contribution in [2.75, 3.05) is 18.8 Å². The predicted molar refractivity (Wildman–Crippen MR) is 89.6 cm³/mol. The van der Waals surface area contributed by atoms with E-state index in [9.17, 15) is 13.2 Å². The standard InChI is InChI=1S/C15H18BrNO4S/c16-13-5-3-12(4-6-13)2-1-11-22(20,21)14-7-9-17(10-8-14)15(18)19/h1-6,14H,7-11H2,(H,18,19). The van der Waals surface area contributed by atoms with Crippen molar-refractivity contribution in [1.29, 1.82) is 0 Å². The van der Waals surface area contributed by atoms with E-state index in [2.05, 4.69) is 15.9 Å². The van der Waals surface area contributed by atoms with Crippen molar-refractivity contribution in [3.05, 3.63) is 40.4 Å². The minimum absolute atomic E-state index is 0.0131. The van der Waals surface area contributed by atoms with Crippen molar-refractivity contribution in [3.63, 3.8) is 0 Å². The summed E-state index contributed by atoms with van der Waals surface area (Å²) in [5.74, 6) is -0.0131. The van der Waals surface area contributed by atoms with Gasteiger partial charge in [0.05, 0.1) is 11.0 Å². The quantitative estimate of drug-likeness (QED) is 0.861. The molecule has 0 aromatic heterocycles. The lowest BCUT2D eigenvalue weighted by Gasteiger charge is -2.29. The van der Waals surface area contributed by atoms with Gasteiger partial charge in [0.25, 0.3) is 0 Å². The number of carboxylic acid groups (broad SMARTS) is 1. The normalized spacial score (nSPS) is 17.0. The van der Waals surface area contributed by atoms with E-state index in [4.69, 9.17) is 5.11 Å². The first-order chi connectivity index (χ1) is 10.4. The van der Waals surface area contributed by atoms with Crippen LogP contribution >= 0.6 is 15.9 Å². The molecule has 0 bridgehead atoms. The van der Waals surface area contributed by atoms with Crippen LogP contribution in [0.1, 0.15) is 18.4 Å². The van der Waals surface area contributed by atoms with Crippen molar-refractivity contribution < 1.29 is 18.3 Å². The van der Waals surface area contributed by atoms with Crippen LogP contribution in [0, 0.1) is 0 Å². The van der Waals surface area contributed by atoms with Gasteiger partial charge in [0.15, 0.2) is 9.84 Å². The average molecular weight is 388 g/mol. The molecular formula is C15H18BrNO4S. The molecule has 0 aliphatic carbocycles. The van der Waals surface area contributed by atoms with E-state index >= 15 is 0 Å². The highest BCUT2D eigenvalue weighted by Gasteiger charge is 2.30. The minimum atomic E-state index is -3.23. The number of carbonyl (C=O) groups is 1. The summed E-state index contributed by atoms with van der Waals surface area (Å²) >= 11 is 3.35. The minimum Gasteiger partial charge on any atom is -0.465 e. The molecule has 5 nitrogen and oxygen atoms in total. The SMILES string of the molecule is O=C(O)N1CCC(S(=O)(=O)CC=Cc2ccc(Br)cc2)CC1. The van der Waals surface area contributed by atoms with E-state index in [-0.39, 0.29) is 18.8 Å². The Hall–Kier alpha value is -1.34. The number of hydrogen-bond acceptors (Lipinski definition) is 3. The molecule has 1 aromatic rings. The summed E-state index contributed by atoms with van der Waals surface area (Å²) in [6.07, 6.45) is 3.21. The Bertz CT molecular complexity index is 647. The summed E-state index contributed by atoms with van der Waals surface area (Å²) in [6, 6.07) is 7.60. The fourth-order valence-electron chi connectivity index (χ4n) is 2.43. The first kappa shape index (κ1) is 17.0. The van der Waals surface area contributed by atoms with Crippen molar-refractivity contribution in [1.82, 2.24) is 4.90 Å². The van der Waals surface area contributed by atoms with Crippen LogP contribution in [0.4, 0.5) is 4.79 Å². The van der Waals surface area contributed by atoms with Gasteiger partial charge in [0.1, 0.15) is 0 Å². The topological polar surface area (TPSA) is 74.7 Å². The van der Waals surface area contributed by atoms with Gasteiger partial charge in [-0.15, -0.1) is 0 Å². The second kappa shape index (κ2) is 7.28. The van der Waals surface area contributed by atoms with E-state index in [1.54, 1.807) is 12.2 Å². The van der Waals surface area contributed by atoms with Crippen LogP contribution < -0.4 is 0 Å². The smallest absolute Gasteiger partial charge is 0.407 e. The van der Waals surface area contributed by atoms with Crippen LogP contribution in [-0.4, -0.2) is 48.6 Å². The zero-order valence-corrected chi connectivity index (χ0v) is 14.4. The number of hydrogen-bond donors (Lipinski definition) is 1. The van der Waals surface area contributed by atoms with E-state index in [1.165, 1.54) is 4.90 Å². The second-order valence-electron chi connectivity index (χ2n) is 5.25. The molecule has 1 aliphatic heterocycles. The summed E-state index contributed by atoms with van der Waals surface area (Å²) in [6.45, 7) is 0.575. The molecule has 0 atom stereocenters. The van der Waals surface area contributed by atoms with Gasteiger partial charge in [-0.25, -0.2) is 13.2 Å². The lowest BCUT2D eigenvalue weighted by atomic mass is 10.1. The zero-order valence-electron chi connectivity index (χ0n) is 12.0. The van der Waals surface area contributed by atoms with Gasteiger partial charge in [-0.1, -0.05) is 40.2 Å². The molecule has 1 aliphatic rings. The number of likely N-dealkylation sites (tertiary alicyclic amines) is 1. The van der Waals surface area contributed by atoms with Crippen LogP contribution in [-0.2, 0) is 9.84 Å². The van der Waals surface area contributed by atoms with E-state index in [0.29, 0.717) is 12.8 Å². The molecule has 1 amide bonds. The molecule has 7 heteroatoms. The zero-order chi connectivity index (χ0) is 16.2. The Morgan fingerprint density at radius 1 is 1.27 bits per heavy atom. The molecule has 22 heavy (non-hydrogen) atoms. The summed E-state index contributed by atoms with van der Waals surface area (Å²) in [7, 11) is -3.23. The van der Waals surface area contributed by atoms with Gasteiger partial charge in [-0.3, -0.25) is 0 Å². The predicted octanol–water partition coefficient (Wildman–Crippen LogP) is 3.02. The maximum absolute atomic E-state index is 12.3. The highest BCUT2D eigenvalue weighted by molar-refractivity contribution is 9.10. The molecule has 1 heterocycles. The molecule has 0 spiro atoms. The lowest BCUT2D eigenvalue weighted by molar-refractivity contribution is 0.136. The van der Waals surface area contributed by atoms with Crippen LogP contribution in [0.2, 0.25) is 0 Å². The van der Waals surface area contributed by atoms with Crippen LogP contribution in [0.15, 0.2) is 34.8 Å². The molecule has 1 saturated heterocycles. The summed E-state index contributed by atoms with van der Waals surface area (Å²) in [5.41, 5.74) is 0.944. The molecule has 0 saturated carbocycles. The third-order valence-electron chi connectivity index (χ3n) is 3.73. The molecule has 2 rings (SSSR count). The molecule has 1 fully saturated rings. The first-order valence-corrected chi connectivity index (χ1v) is 9.51. The largest absolute Gasteiger partial charge is 0.465 e. The highest BCUT2D eigenvalue weighted by Crippen LogP contribution is 2.19. The highest BCUT2D eigenvalue weighted by atomic mass is 79.9. The summed E-state index contributed by atoms with van der Waals surface area (Å²) in [5, 5.41) is 8.43. The summed E-state index contributed by atoms with van der Waals surface area (Å²) < 4.78 is 25.5.